The normalized spacial score (nSPS) is 9.89. The number of ether oxygens (including phenoxy) is 2. The second-order valence-electron chi connectivity index (χ2n) is 3.53. The van der Waals surface area contributed by atoms with Crippen LogP contribution in [0.1, 0.15) is 6.92 Å². The zero-order valence-electron chi connectivity index (χ0n) is 10.1. The molecule has 0 aliphatic rings. The second kappa shape index (κ2) is 5.27. The van der Waals surface area contributed by atoms with Crippen molar-refractivity contribution in [3.05, 3.63) is 36.7 Å². The summed E-state index contributed by atoms with van der Waals surface area (Å²) in [6.45, 7) is 1.34. The molecule has 18 heavy (non-hydrogen) atoms. The summed E-state index contributed by atoms with van der Waals surface area (Å²) in [5.41, 5.74) is 0.645. The van der Waals surface area contributed by atoms with E-state index in [1.807, 2.05) is 0 Å². The van der Waals surface area contributed by atoms with Crippen molar-refractivity contribution < 1.29 is 14.3 Å². The van der Waals surface area contributed by atoms with E-state index in [0.717, 1.165) is 0 Å². The van der Waals surface area contributed by atoms with E-state index < -0.39 is 5.97 Å². The first-order valence-corrected chi connectivity index (χ1v) is 5.34. The number of carbonyl (C=O) groups excluding carboxylic acids is 1. The average molecular weight is 244 g/mol. The number of nitrogens with zero attached hydrogens (tertiary/aromatic N) is 2. The topological polar surface area (TPSA) is 61.3 Å². The van der Waals surface area contributed by atoms with E-state index in [-0.39, 0.29) is 0 Å². The SMILES string of the molecule is COc1ccc(-c2ncccn2)c(OC(C)=O)c1. The molecule has 5 nitrogen and oxygen atoms in total. The molecular formula is C13H12N2O3. The number of benzene rings is 1. The van der Waals surface area contributed by atoms with Crippen molar-refractivity contribution in [3.8, 4) is 22.9 Å². The summed E-state index contributed by atoms with van der Waals surface area (Å²) in [6, 6.07) is 6.87. The van der Waals surface area contributed by atoms with Gasteiger partial charge in [-0.2, -0.15) is 0 Å². The molecule has 5 heteroatoms. The third-order valence-corrected chi connectivity index (χ3v) is 2.25. The van der Waals surface area contributed by atoms with Crippen molar-refractivity contribution in [3.63, 3.8) is 0 Å². The minimum atomic E-state index is -0.402. The highest BCUT2D eigenvalue weighted by Crippen LogP contribution is 2.31. The predicted molar refractivity (Wildman–Crippen MR) is 65.3 cm³/mol. The molecule has 0 aliphatic heterocycles. The molecule has 1 heterocycles. The Morgan fingerprint density at radius 1 is 1.22 bits per heavy atom. The molecular weight excluding hydrogens is 232 g/mol. The number of carbonyl (C=O) groups is 1. The first-order chi connectivity index (χ1) is 8.70. The van der Waals surface area contributed by atoms with Crippen LogP contribution in [0.3, 0.4) is 0 Å². The highest BCUT2D eigenvalue weighted by Gasteiger charge is 2.11. The second-order valence-corrected chi connectivity index (χ2v) is 3.53. The molecule has 2 aromatic rings. The summed E-state index contributed by atoms with van der Waals surface area (Å²) in [6.07, 6.45) is 3.26. The summed E-state index contributed by atoms with van der Waals surface area (Å²) in [7, 11) is 1.55. The van der Waals surface area contributed by atoms with Crippen LogP contribution in [0.4, 0.5) is 0 Å². The smallest absolute Gasteiger partial charge is 0.308 e. The van der Waals surface area contributed by atoms with Crippen LogP contribution in [-0.4, -0.2) is 23.0 Å². The summed E-state index contributed by atoms with van der Waals surface area (Å²) in [5.74, 6) is 1.08. The van der Waals surface area contributed by atoms with Crippen molar-refractivity contribution in [1.82, 2.24) is 9.97 Å². The molecule has 92 valence electrons. The summed E-state index contributed by atoms with van der Waals surface area (Å²) in [4.78, 5) is 19.4. The van der Waals surface area contributed by atoms with Crippen molar-refractivity contribution in [1.29, 1.82) is 0 Å². The largest absolute Gasteiger partial charge is 0.497 e. The lowest BCUT2D eigenvalue weighted by atomic mass is 10.1. The van der Waals surface area contributed by atoms with E-state index in [1.54, 1.807) is 43.8 Å². The molecule has 0 bridgehead atoms. The predicted octanol–water partition coefficient (Wildman–Crippen LogP) is 2.08. The summed E-state index contributed by atoms with van der Waals surface area (Å²) < 4.78 is 10.2. The maximum absolute atomic E-state index is 11.1. The molecule has 0 fully saturated rings. The molecule has 0 saturated carbocycles. The maximum Gasteiger partial charge on any atom is 0.308 e. The van der Waals surface area contributed by atoms with Crippen LogP contribution in [0, 0.1) is 0 Å². The van der Waals surface area contributed by atoms with Crippen LogP contribution in [0.25, 0.3) is 11.4 Å². The van der Waals surface area contributed by atoms with Gasteiger partial charge in [0.2, 0.25) is 0 Å². The van der Waals surface area contributed by atoms with Crippen molar-refractivity contribution >= 4 is 5.97 Å². The van der Waals surface area contributed by atoms with Gasteiger partial charge in [0.05, 0.1) is 12.7 Å². The fourth-order valence-electron chi connectivity index (χ4n) is 1.49. The Morgan fingerprint density at radius 3 is 2.56 bits per heavy atom. The minimum absolute atomic E-state index is 0.382. The van der Waals surface area contributed by atoms with Gasteiger partial charge in [0.15, 0.2) is 5.82 Å². The molecule has 0 saturated heterocycles. The fourth-order valence-corrected chi connectivity index (χ4v) is 1.49. The standard InChI is InChI=1S/C13H12N2O3/c1-9(16)18-12-8-10(17-2)4-5-11(12)13-14-6-3-7-15-13/h3-8H,1-2H3. The van der Waals surface area contributed by atoms with Gasteiger partial charge in [-0.1, -0.05) is 0 Å². The summed E-state index contributed by atoms with van der Waals surface area (Å²) >= 11 is 0. The highest BCUT2D eigenvalue weighted by molar-refractivity contribution is 5.74. The lowest BCUT2D eigenvalue weighted by molar-refractivity contribution is -0.131. The van der Waals surface area contributed by atoms with E-state index >= 15 is 0 Å². The molecule has 0 atom stereocenters. The van der Waals surface area contributed by atoms with E-state index in [1.165, 1.54) is 6.92 Å². The van der Waals surface area contributed by atoms with Gasteiger partial charge >= 0.3 is 5.97 Å². The molecule has 0 aliphatic carbocycles. The maximum atomic E-state index is 11.1. The zero-order chi connectivity index (χ0) is 13.0. The molecule has 0 spiro atoms. The van der Waals surface area contributed by atoms with E-state index in [2.05, 4.69) is 9.97 Å². The quantitative estimate of drug-likeness (QED) is 0.611. The summed E-state index contributed by atoms with van der Waals surface area (Å²) in [5, 5.41) is 0. The number of methoxy groups -OCH3 is 1. The Labute approximate surface area is 104 Å². The Balaban J connectivity index is 2.49. The van der Waals surface area contributed by atoms with Gasteiger partial charge < -0.3 is 9.47 Å². The number of hydrogen-bond acceptors (Lipinski definition) is 5. The van der Waals surface area contributed by atoms with Gasteiger partial charge in [-0.25, -0.2) is 9.97 Å². The molecule has 0 unspecified atom stereocenters. The van der Waals surface area contributed by atoms with Gasteiger partial charge in [-0.3, -0.25) is 4.79 Å². The van der Waals surface area contributed by atoms with Gasteiger partial charge in [-0.15, -0.1) is 0 Å². The molecule has 1 aromatic heterocycles. The van der Waals surface area contributed by atoms with Crippen LogP contribution in [0.2, 0.25) is 0 Å². The number of hydrogen-bond donors (Lipinski definition) is 0. The Hall–Kier alpha value is -2.43. The monoisotopic (exact) mass is 244 g/mol. The molecule has 0 radical (unpaired) electrons. The molecule has 1 aromatic carbocycles. The van der Waals surface area contributed by atoms with Crippen molar-refractivity contribution in [2.75, 3.05) is 7.11 Å². The van der Waals surface area contributed by atoms with E-state index in [0.29, 0.717) is 22.9 Å². The number of aromatic nitrogens is 2. The lowest BCUT2D eigenvalue weighted by Crippen LogP contribution is -2.03. The number of rotatable bonds is 3. The highest BCUT2D eigenvalue weighted by atomic mass is 16.5. The Kier molecular flexibility index (Phi) is 3.52. The van der Waals surface area contributed by atoms with E-state index in [4.69, 9.17) is 9.47 Å². The molecule has 2 rings (SSSR count). The minimum Gasteiger partial charge on any atom is -0.497 e. The number of esters is 1. The third kappa shape index (κ3) is 2.63. The fraction of sp³-hybridized carbons (Fsp3) is 0.154. The van der Waals surface area contributed by atoms with Crippen LogP contribution >= 0.6 is 0 Å². The molecule has 0 N–H and O–H groups in total. The van der Waals surface area contributed by atoms with Gasteiger partial charge in [-0.05, 0) is 18.2 Å². The van der Waals surface area contributed by atoms with Gasteiger partial charge in [0.1, 0.15) is 11.5 Å². The van der Waals surface area contributed by atoms with Crippen LogP contribution in [0.5, 0.6) is 11.5 Å². The first-order valence-electron chi connectivity index (χ1n) is 5.34. The average Bonchev–Trinajstić information content (AvgIpc) is 2.39. The van der Waals surface area contributed by atoms with Crippen LogP contribution in [0.15, 0.2) is 36.7 Å². The van der Waals surface area contributed by atoms with Gasteiger partial charge in [0, 0.05) is 25.4 Å². The Bertz CT molecular complexity index is 555. The van der Waals surface area contributed by atoms with Crippen molar-refractivity contribution in [2.24, 2.45) is 0 Å². The van der Waals surface area contributed by atoms with Crippen molar-refractivity contribution in [2.45, 2.75) is 6.92 Å². The Morgan fingerprint density at radius 2 is 1.94 bits per heavy atom. The van der Waals surface area contributed by atoms with Crippen LogP contribution < -0.4 is 9.47 Å². The first kappa shape index (κ1) is 12.0. The van der Waals surface area contributed by atoms with Crippen LogP contribution in [-0.2, 0) is 4.79 Å². The molecule has 0 amide bonds. The lowest BCUT2D eigenvalue weighted by Gasteiger charge is -2.09. The third-order valence-electron chi connectivity index (χ3n) is 2.25. The van der Waals surface area contributed by atoms with E-state index in [9.17, 15) is 4.79 Å². The van der Waals surface area contributed by atoms with Gasteiger partial charge in [0.25, 0.3) is 0 Å². The zero-order valence-corrected chi connectivity index (χ0v) is 10.1.